The molecule has 1 aromatic heterocycles. The number of benzene rings is 1. The lowest BCUT2D eigenvalue weighted by atomic mass is 9.84. The SMILES string of the molecule is COc1ccc2nc(C)cc(C(C)(C)C)c2c1. The molecule has 0 unspecified atom stereocenters. The molecule has 2 heteroatoms. The molecule has 2 nitrogen and oxygen atoms in total. The number of rotatable bonds is 1. The van der Waals surface area contributed by atoms with Crippen molar-refractivity contribution in [2.45, 2.75) is 33.1 Å². The van der Waals surface area contributed by atoms with Crippen LogP contribution in [0.25, 0.3) is 10.9 Å². The van der Waals surface area contributed by atoms with Crippen molar-refractivity contribution in [2.24, 2.45) is 0 Å². The van der Waals surface area contributed by atoms with Crippen LogP contribution in [0.3, 0.4) is 0 Å². The molecule has 0 fully saturated rings. The molecule has 17 heavy (non-hydrogen) atoms. The van der Waals surface area contributed by atoms with Crippen molar-refractivity contribution >= 4 is 10.9 Å². The third kappa shape index (κ3) is 2.26. The Kier molecular flexibility index (Phi) is 2.82. The molecule has 0 atom stereocenters. The van der Waals surface area contributed by atoms with Gasteiger partial charge in [0.1, 0.15) is 5.75 Å². The molecule has 0 aliphatic rings. The highest BCUT2D eigenvalue weighted by Crippen LogP contribution is 2.31. The molecule has 0 N–H and O–H groups in total. The predicted molar refractivity (Wildman–Crippen MR) is 71.7 cm³/mol. The minimum absolute atomic E-state index is 0.109. The average molecular weight is 229 g/mol. The fourth-order valence-electron chi connectivity index (χ4n) is 2.08. The Morgan fingerprint density at radius 3 is 2.41 bits per heavy atom. The van der Waals surface area contributed by atoms with Crippen LogP contribution in [0.2, 0.25) is 0 Å². The first-order valence-electron chi connectivity index (χ1n) is 5.87. The number of nitrogens with zero attached hydrogens (tertiary/aromatic N) is 1. The third-order valence-electron chi connectivity index (χ3n) is 2.95. The minimum Gasteiger partial charge on any atom is -0.497 e. The lowest BCUT2D eigenvalue weighted by Gasteiger charge is -2.22. The number of aromatic nitrogens is 1. The van der Waals surface area contributed by atoms with Crippen molar-refractivity contribution in [1.82, 2.24) is 4.98 Å². The Hall–Kier alpha value is -1.57. The first-order chi connectivity index (χ1) is 7.91. The zero-order valence-electron chi connectivity index (χ0n) is 11.2. The molecule has 2 rings (SSSR count). The number of hydrogen-bond donors (Lipinski definition) is 0. The summed E-state index contributed by atoms with van der Waals surface area (Å²) < 4.78 is 5.29. The van der Waals surface area contributed by atoms with Gasteiger partial charge in [0.25, 0.3) is 0 Å². The van der Waals surface area contributed by atoms with Gasteiger partial charge in [-0.2, -0.15) is 0 Å². The van der Waals surface area contributed by atoms with Crippen molar-refractivity contribution in [3.8, 4) is 5.75 Å². The quantitative estimate of drug-likeness (QED) is 0.741. The summed E-state index contributed by atoms with van der Waals surface area (Å²) >= 11 is 0. The van der Waals surface area contributed by atoms with Crippen molar-refractivity contribution in [1.29, 1.82) is 0 Å². The molecular formula is C15H19NO. The van der Waals surface area contributed by atoms with Gasteiger partial charge in [-0.25, -0.2) is 0 Å². The van der Waals surface area contributed by atoms with Crippen molar-refractivity contribution < 1.29 is 4.74 Å². The van der Waals surface area contributed by atoms with Crippen LogP contribution in [0.4, 0.5) is 0 Å². The van der Waals surface area contributed by atoms with E-state index in [9.17, 15) is 0 Å². The van der Waals surface area contributed by atoms with E-state index in [2.05, 4.69) is 37.9 Å². The Bertz CT molecular complexity index is 553. The van der Waals surface area contributed by atoms with Gasteiger partial charge in [-0.15, -0.1) is 0 Å². The predicted octanol–water partition coefficient (Wildman–Crippen LogP) is 3.85. The highest BCUT2D eigenvalue weighted by atomic mass is 16.5. The van der Waals surface area contributed by atoms with E-state index in [0.717, 1.165) is 17.0 Å². The second-order valence-corrected chi connectivity index (χ2v) is 5.44. The van der Waals surface area contributed by atoms with Crippen LogP contribution in [0.5, 0.6) is 5.75 Å². The van der Waals surface area contributed by atoms with Gasteiger partial charge in [0.05, 0.1) is 12.6 Å². The van der Waals surface area contributed by atoms with Crippen molar-refractivity contribution in [2.75, 3.05) is 7.11 Å². The monoisotopic (exact) mass is 229 g/mol. The summed E-state index contributed by atoms with van der Waals surface area (Å²) in [4.78, 5) is 4.57. The Morgan fingerprint density at radius 2 is 1.82 bits per heavy atom. The van der Waals surface area contributed by atoms with Gasteiger partial charge < -0.3 is 4.74 Å². The second-order valence-electron chi connectivity index (χ2n) is 5.44. The van der Waals surface area contributed by atoms with Crippen LogP contribution in [0.15, 0.2) is 24.3 Å². The first kappa shape index (κ1) is 11.9. The third-order valence-corrected chi connectivity index (χ3v) is 2.95. The van der Waals surface area contributed by atoms with Crippen molar-refractivity contribution in [3.63, 3.8) is 0 Å². The van der Waals surface area contributed by atoms with Crippen LogP contribution < -0.4 is 4.74 Å². The molecule has 0 bridgehead atoms. The van der Waals surface area contributed by atoms with Crippen LogP contribution >= 0.6 is 0 Å². The van der Waals surface area contributed by atoms with Crippen molar-refractivity contribution in [3.05, 3.63) is 35.5 Å². The van der Waals surface area contributed by atoms with Gasteiger partial charge in [-0.3, -0.25) is 4.98 Å². The standard InChI is InChI=1S/C15H19NO/c1-10-8-13(15(2,3)4)12-9-11(17-5)6-7-14(12)16-10/h6-9H,1-5H3. The molecule has 0 spiro atoms. The van der Waals surface area contributed by atoms with E-state index in [-0.39, 0.29) is 5.41 Å². The highest BCUT2D eigenvalue weighted by molar-refractivity contribution is 5.84. The molecule has 0 saturated heterocycles. The van der Waals surface area contributed by atoms with E-state index >= 15 is 0 Å². The largest absolute Gasteiger partial charge is 0.497 e. The summed E-state index contributed by atoms with van der Waals surface area (Å²) in [7, 11) is 1.69. The molecule has 1 aromatic carbocycles. The summed E-state index contributed by atoms with van der Waals surface area (Å²) in [5.74, 6) is 0.883. The Labute approximate surface area is 103 Å². The molecule has 0 aliphatic carbocycles. The van der Waals surface area contributed by atoms with Crippen LogP contribution in [-0.2, 0) is 5.41 Å². The first-order valence-corrected chi connectivity index (χ1v) is 5.87. The fraction of sp³-hybridized carbons (Fsp3) is 0.400. The molecule has 90 valence electrons. The van der Waals surface area contributed by atoms with E-state index < -0.39 is 0 Å². The zero-order valence-corrected chi connectivity index (χ0v) is 11.2. The summed E-state index contributed by atoms with van der Waals surface area (Å²) in [6.07, 6.45) is 0. The smallest absolute Gasteiger partial charge is 0.119 e. The van der Waals surface area contributed by atoms with Gasteiger partial charge in [-0.05, 0) is 42.2 Å². The van der Waals surface area contributed by atoms with Gasteiger partial charge >= 0.3 is 0 Å². The maximum absolute atomic E-state index is 5.29. The highest BCUT2D eigenvalue weighted by Gasteiger charge is 2.18. The van der Waals surface area contributed by atoms with E-state index in [1.54, 1.807) is 7.11 Å². The lowest BCUT2D eigenvalue weighted by molar-refractivity contribution is 0.415. The van der Waals surface area contributed by atoms with Crippen LogP contribution in [-0.4, -0.2) is 12.1 Å². The molecule has 0 radical (unpaired) electrons. The summed E-state index contributed by atoms with van der Waals surface area (Å²) in [5, 5.41) is 1.18. The average Bonchev–Trinajstić information content (AvgIpc) is 2.26. The topological polar surface area (TPSA) is 22.1 Å². The van der Waals surface area contributed by atoms with Gasteiger partial charge in [-0.1, -0.05) is 20.8 Å². The van der Waals surface area contributed by atoms with Gasteiger partial charge in [0.15, 0.2) is 0 Å². The lowest BCUT2D eigenvalue weighted by Crippen LogP contribution is -2.12. The maximum Gasteiger partial charge on any atom is 0.119 e. The van der Waals surface area contributed by atoms with Gasteiger partial charge in [0, 0.05) is 11.1 Å². The van der Waals surface area contributed by atoms with E-state index in [0.29, 0.717) is 0 Å². The molecule has 1 heterocycles. The van der Waals surface area contributed by atoms with Gasteiger partial charge in [0.2, 0.25) is 0 Å². The summed E-state index contributed by atoms with van der Waals surface area (Å²) in [6.45, 7) is 8.71. The van der Waals surface area contributed by atoms with E-state index in [1.165, 1.54) is 10.9 Å². The number of pyridine rings is 1. The van der Waals surface area contributed by atoms with E-state index in [4.69, 9.17) is 4.74 Å². The Balaban J connectivity index is 2.80. The number of fused-ring (bicyclic) bond motifs is 1. The molecule has 0 saturated carbocycles. The number of hydrogen-bond acceptors (Lipinski definition) is 2. The maximum atomic E-state index is 5.29. The zero-order chi connectivity index (χ0) is 12.6. The summed E-state index contributed by atoms with van der Waals surface area (Å²) in [5.41, 5.74) is 3.53. The number of methoxy groups -OCH3 is 1. The second kappa shape index (κ2) is 4.02. The van der Waals surface area contributed by atoms with Crippen LogP contribution in [0.1, 0.15) is 32.0 Å². The Morgan fingerprint density at radius 1 is 1.12 bits per heavy atom. The normalized spacial score (nSPS) is 11.8. The van der Waals surface area contributed by atoms with E-state index in [1.807, 2.05) is 19.1 Å². The van der Waals surface area contributed by atoms with Crippen LogP contribution in [0, 0.1) is 6.92 Å². The number of ether oxygens (including phenoxy) is 1. The molecular weight excluding hydrogens is 210 g/mol. The summed E-state index contributed by atoms with van der Waals surface area (Å²) in [6, 6.07) is 8.22. The fourth-order valence-corrected chi connectivity index (χ4v) is 2.08. The molecule has 2 aromatic rings. The number of aryl methyl sites for hydroxylation is 1. The molecule has 0 amide bonds. The molecule has 0 aliphatic heterocycles. The minimum atomic E-state index is 0.109.